The van der Waals surface area contributed by atoms with Crippen molar-refractivity contribution in [1.82, 2.24) is 10.6 Å². The first-order valence-electron chi connectivity index (χ1n) is 6.99. The zero-order valence-corrected chi connectivity index (χ0v) is 11.1. The maximum Gasteiger partial charge on any atom is 0.314 e. The second-order valence-corrected chi connectivity index (χ2v) is 5.46. The van der Waals surface area contributed by atoms with E-state index < -0.39 is 5.97 Å². The first-order valence-corrected chi connectivity index (χ1v) is 6.99. The number of carboxylic acids is 1. The number of ether oxygens (including phenoxy) is 1. The zero-order valence-electron chi connectivity index (χ0n) is 11.1. The molecule has 6 heteroatoms. The summed E-state index contributed by atoms with van der Waals surface area (Å²) in [6.07, 6.45) is 3.53. The molecule has 1 aliphatic carbocycles. The Morgan fingerprint density at radius 3 is 2.63 bits per heavy atom. The lowest BCUT2D eigenvalue weighted by Gasteiger charge is -2.17. The predicted octanol–water partition coefficient (Wildman–Crippen LogP) is 0.823. The summed E-state index contributed by atoms with van der Waals surface area (Å²) in [6.45, 7) is 2.56. The molecule has 0 spiro atoms. The van der Waals surface area contributed by atoms with Gasteiger partial charge in [0.05, 0.1) is 12.5 Å². The van der Waals surface area contributed by atoms with Gasteiger partial charge in [0.15, 0.2) is 0 Å². The molecule has 1 saturated carbocycles. The van der Waals surface area contributed by atoms with E-state index in [0.29, 0.717) is 25.6 Å². The molecule has 0 bridgehead atoms. The van der Waals surface area contributed by atoms with E-state index in [9.17, 15) is 9.59 Å². The third-order valence-electron chi connectivity index (χ3n) is 4.08. The first kappa shape index (κ1) is 14.1. The average Bonchev–Trinajstić information content (AvgIpc) is 3.04. The molecule has 19 heavy (non-hydrogen) atoms. The summed E-state index contributed by atoms with van der Waals surface area (Å²) in [7, 11) is 0. The van der Waals surface area contributed by atoms with E-state index in [1.807, 2.05) is 0 Å². The van der Waals surface area contributed by atoms with Crippen LogP contribution >= 0.6 is 0 Å². The first-order chi connectivity index (χ1) is 9.16. The normalized spacial score (nSPS) is 30.2. The van der Waals surface area contributed by atoms with Crippen LogP contribution in [0.3, 0.4) is 0 Å². The molecule has 0 aromatic rings. The molecule has 1 heterocycles. The van der Waals surface area contributed by atoms with Crippen LogP contribution in [0.5, 0.6) is 0 Å². The fraction of sp³-hybridized carbons (Fsp3) is 0.846. The lowest BCUT2D eigenvalue weighted by atomic mass is 9.96. The minimum Gasteiger partial charge on any atom is -0.481 e. The van der Waals surface area contributed by atoms with Crippen molar-refractivity contribution in [2.45, 2.75) is 25.7 Å². The molecule has 0 aromatic carbocycles. The maximum absolute atomic E-state index is 11.6. The Bertz CT molecular complexity index is 329. The van der Waals surface area contributed by atoms with Crippen molar-refractivity contribution in [3.8, 4) is 0 Å². The molecule has 0 aromatic heterocycles. The van der Waals surface area contributed by atoms with Gasteiger partial charge < -0.3 is 20.5 Å². The minimum absolute atomic E-state index is 0.0677. The Balaban J connectivity index is 1.64. The average molecular weight is 270 g/mol. The minimum atomic E-state index is -0.743. The molecule has 2 rings (SSSR count). The topological polar surface area (TPSA) is 87.7 Å². The number of carboxylic acid groups (broad SMARTS) is 1. The van der Waals surface area contributed by atoms with Crippen LogP contribution in [-0.2, 0) is 9.53 Å². The van der Waals surface area contributed by atoms with E-state index in [-0.39, 0.29) is 17.9 Å². The largest absolute Gasteiger partial charge is 0.481 e. The van der Waals surface area contributed by atoms with E-state index in [2.05, 4.69) is 10.6 Å². The Morgan fingerprint density at radius 1 is 1.16 bits per heavy atom. The molecular formula is C13H22N2O4. The number of hydrogen-bond donors (Lipinski definition) is 3. The van der Waals surface area contributed by atoms with E-state index >= 15 is 0 Å². The highest BCUT2D eigenvalue weighted by molar-refractivity contribution is 5.74. The maximum atomic E-state index is 11.6. The van der Waals surface area contributed by atoms with Gasteiger partial charge in [0.1, 0.15) is 0 Å². The molecule has 2 fully saturated rings. The number of carbonyl (C=O) groups excluding carboxylic acids is 1. The summed E-state index contributed by atoms with van der Waals surface area (Å²) in [6, 6.07) is -0.206. The second-order valence-electron chi connectivity index (χ2n) is 5.46. The van der Waals surface area contributed by atoms with Gasteiger partial charge >= 0.3 is 12.0 Å². The number of urea groups is 1. The van der Waals surface area contributed by atoms with Crippen molar-refractivity contribution in [3.63, 3.8) is 0 Å². The van der Waals surface area contributed by atoms with Crippen LogP contribution in [0.15, 0.2) is 0 Å². The number of nitrogens with one attached hydrogen (secondary N) is 2. The van der Waals surface area contributed by atoms with Crippen molar-refractivity contribution < 1.29 is 19.4 Å². The van der Waals surface area contributed by atoms with Crippen molar-refractivity contribution in [1.29, 1.82) is 0 Å². The van der Waals surface area contributed by atoms with Crippen molar-refractivity contribution >= 4 is 12.0 Å². The summed E-state index contributed by atoms with van der Waals surface area (Å²) in [5.41, 5.74) is 0. The van der Waals surface area contributed by atoms with Gasteiger partial charge in [0.25, 0.3) is 0 Å². The van der Waals surface area contributed by atoms with E-state index in [0.717, 1.165) is 32.3 Å². The zero-order chi connectivity index (χ0) is 13.7. The quantitative estimate of drug-likeness (QED) is 0.690. The van der Waals surface area contributed by atoms with Gasteiger partial charge in [-0.3, -0.25) is 4.79 Å². The molecule has 0 radical (unpaired) electrons. The molecule has 108 valence electrons. The van der Waals surface area contributed by atoms with Crippen LogP contribution < -0.4 is 10.6 Å². The predicted molar refractivity (Wildman–Crippen MR) is 68.8 cm³/mol. The summed E-state index contributed by atoms with van der Waals surface area (Å²) in [5.74, 6) is -0.571. The smallest absolute Gasteiger partial charge is 0.314 e. The van der Waals surface area contributed by atoms with Crippen LogP contribution in [-0.4, -0.2) is 43.4 Å². The van der Waals surface area contributed by atoms with Crippen molar-refractivity contribution in [3.05, 3.63) is 0 Å². The van der Waals surface area contributed by atoms with Crippen LogP contribution in [0, 0.1) is 17.8 Å². The number of hydrogen-bond acceptors (Lipinski definition) is 3. The van der Waals surface area contributed by atoms with Gasteiger partial charge in [-0.15, -0.1) is 0 Å². The van der Waals surface area contributed by atoms with Crippen LogP contribution in [0.4, 0.5) is 4.79 Å². The summed E-state index contributed by atoms with van der Waals surface area (Å²) in [4.78, 5) is 22.6. The molecule has 6 nitrogen and oxygen atoms in total. The molecular weight excluding hydrogens is 248 g/mol. The molecule has 1 aliphatic heterocycles. The molecule has 3 unspecified atom stereocenters. The molecule has 1 saturated heterocycles. The van der Waals surface area contributed by atoms with Gasteiger partial charge in [-0.1, -0.05) is 6.42 Å². The number of amides is 2. The molecule has 2 amide bonds. The summed E-state index contributed by atoms with van der Waals surface area (Å²) < 4.78 is 5.23. The molecule has 3 N–H and O–H groups in total. The second kappa shape index (κ2) is 6.75. The van der Waals surface area contributed by atoms with Crippen molar-refractivity contribution in [2.24, 2.45) is 17.8 Å². The number of carbonyl (C=O) groups is 2. The Morgan fingerprint density at radius 2 is 1.95 bits per heavy atom. The Hall–Kier alpha value is -1.30. The number of rotatable bonds is 5. The molecule has 2 aliphatic rings. The van der Waals surface area contributed by atoms with Crippen molar-refractivity contribution in [2.75, 3.05) is 26.3 Å². The van der Waals surface area contributed by atoms with Crippen LogP contribution in [0.1, 0.15) is 25.7 Å². The highest BCUT2D eigenvalue weighted by Crippen LogP contribution is 2.31. The molecule has 3 atom stereocenters. The number of aliphatic carboxylic acids is 1. The summed E-state index contributed by atoms with van der Waals surface area (Å²) in [5, 5.41) is 14.6. The SMILES string of the molecule is O=C(NCC1CCOC1)NCC1CCCC1C(=O)O. The lowest BCUT2D eigenvalue weighted by Crippen LogP contribution is -2.41. The highest BCUT2D eigenvalue weighted by Gasteiger charge is 2.32. The standard InChI is InChI=1S/C13H22N2O4/c16-12(17)11-3-1-2-10(11)7-15-13(18)14-6-9-4-5-19-8-9/h9-11H,1-8H2,(H,16,17)(H2,14,15,18). The van der Waals surface area contributed by atoms with Crippen LogP contribution in [0.2, 0.25) is 0 Å². The van der Waals surface area contributed by atoms with E-state index in [4.69, 9.17) is 9.84 Å². The Kier molecular flexibility index (Phi) is 5.01. The van der Waals surface area contributed by atoms with Gasteiger partial charge in [-0.2, -0.15) is 0 Å². The van der Waals surface area contributed by atoms with Gasteiger partial charge in [0, 0.05) is 25.6 Å². The van der Waals surface area contributed by atoms with Gasteiger partial charge in [0.2, 0.25) is 0 Å². The van der Waals surface area contributed by atoms with Gasteiger partial charge in [-0.05, 0) is 25.2 Å². The van der Waals surface area contributed by atoms with Crippen LogP contribution in [0.25, 0.3) is 0 Å². The fourth-order valence-corrected chi connectivity index (χ4v) is 2.87. The third-order valence-corrected chi connectivity index (χ3v) is 4.08. The van der Waals surface area contributed by atoms with E-state index in [1.54, 1.807) is 0 Å². The third kappa shape index (κ3) is 4.09. The fourth-order valence-electron chi connectivity index (χ4n) is 2.87. The summed E-state index contributed by atoms with van der Waals surface area (Å²) >= 11 is 0. The Labute approximate surface area is 112 Å². The highest BCUT2D eigenvalue weighted by atomic mass is 16.5. The van der Waals surface area contributed by atoms with Gasteiger partial charge in [-0.25, -0.2) is 4.79 Å². The monoisotopic (exact) mass is 270 g/mol. The van der Waals surface area contributed by atoms with E-state index in [1.165, 1.54) is 0 Å². The lowest BCUT2D eigenvalue weighted by molar-refractivity contribution is -0.142.